The zero-order chi connectivity index (χ0) is 25.0. The zero-order valence-electron chi connectivity index (χ0n) is 21.4. The smallest absolute Gasteiger partial charge is 0.338 e. The van der Waals surface area contributed by atoms with Gasteiger partial charge in [-0.05, 0) is 86.7 Å². The summed E-state index contributed by atoms with van der Waals surface area (Å²) in [6, 6.07) is 9.21. The maximum atomic E-state index is 12.8. The first-order chi connectivity index (χ1) is 16.7. The average Bonchev–Trinajstić information content (AvgIpc) is 3.30. The second-order valence-electron chi connectivity index (χ2n) is 12.0. The fraction of sp³-hybridized carbons (Fsp3) is 0.690. The highest BCUT2D eigenvalue weighted by molar-refractivity contribution is 5.93. The molecule has 1 aromatic rings. The summed E-state index contributed by atoms with van der Waals surface area (Å²) in [5.74, 6) is 1.07. The molecule has 6 nitrogen and oxygen atoms in total. The lowest BCUT2D eigenvalue weighted by Crippen LogP contribution is -2.46. The Bertz CT molecular complexity index is 1010. The Balaban J connectivity index is 1.37. The number of fused-ring (bicyclic) bond motifs is 5. The molecule has 4 aliphatic carbocycles. The van der Waals surface area contributed by atoms with E-state index in [0.29, 0.717) is 17.4 Å². The van der Waals surface area contributed by atoms with Gasteiger partial charge in [-0.25, -0.2) is 4.79 Å². The standard InChI is InChI=1S/C29H39NO5/c1-17(34-27(32)19-8-6-5-7-9-19)21-10-11-22-25-23(13-15-28(21,22)3)29(4)14-12-20(35-18(2)31)16-24(29)26(25)30-33/h5-9,17,20-25,33H,10-16H2,1-4H3/b30-26+/t17-,20+,21-,22+,23+,24?,25+,28-,29-/m1/s1. The first-order valence-corrected chi connectivity index (χ1v) is 13.3. The van der Waals surface area contributed by atoms with Crippen molar-refractivity contribution in [3.63, 3.8) is 0 Å². The largest absolute Gasteiger partial charge is 0.463 e. The third kappa shape index (κ3) is 3.88. The third-order valence-electron chi connectivity index (χ3n) is 10.5. The van der Waals surface area contributed by atoms with Crippen LogP contribution in [0.5, 0.6) is 0 Å². The summed E-state index contributed by atoms with van der Waals surface area (Å²) >= 11 is 0. The minimum atomic E-state index is -0.257. The van der Waals surface area contributed by atoms with Crippen LogP contribution in [0, 0.1) is 40.4 Å². The van der Waals surface area contributed by atoms with Gasteiger partial charge >= 0.3 is 11.9 Å². The molecule has 0 radical (unpaired) electrons. The number of nitrogens with zero attached hydrogens (tertiary/aromatic N) is 1. The Morgan fingerprint density at radius 1 is 1.03 bits per heavy atom. The van der Waals surface area contributed by atoms with E-state index in [4.69, 9.17) is 9.47 Å². The van der Waals surface area contributed by atoms with E-state index in [9.17, 15) is 14.8 Å². The maximum Gasteiger partial charge on any atom is 0.338 e. The Morgan fingerprint density at radius 3 is 2.40 bits per heavy atom. The summed E-state index contributed by atoms with van der Waals surface area (Å²) in [5.41, 5.74) is 1.63. The molecule has 4 fully saturated rings. The number of carbonyl (C=O) groups excluding carboxylic acids is 2. The normalized spacial score (nSPS) is 42.0. The van der Waals surface area contributed by atoms with Crippen LogP contribution in [-0.4, -0.2) is 35.1 Å². The van der Waals surface area contributed by atoms with Crippen molar-refractivity contribution in [2.24, 2.45) is 45.6 Å². The predicted molar refractivity (Wildman–Crippen MR) is 132 cm³/mol. The lowest BCUT2D eigenvalue weighted by Gasteiger charge is -2.50. The maximum absolute atomic E-state index is 12.8. The highest BCUT2D eigenvalue weighted by Crippen LogP contribution is 2.69. The van der Waals surface area contributed by atoms with Crippen molar-refractivity contribution in [3.8, 4) is 0 Å². The molecule has 1 N–H and O–H groups in total. The molecule has 1 unspecified atom stereocenters. The number of carbonyl (C=O) groups is 2. The fourth-order valence-electron chi connectivity index (χ4n) is 8.91. The molecule has 0 saturated heterocycles. The second kappa shape index (κ2) is 8.94. The monoisotopic (exact) mass is 481 g/mol. The minimum Gasteiger partial charge on any atom is -0.463 e. The quantitative estimate of drug-likeness (QED) is 0.330. The van der Waals surface area contributed by atoms with E-state index in [1.54, 1.807) is 12.1 Å². The summed E-state index contributed by atoms with van der Waals surface area (Å²) < 4.78 is 11.6. The minimum absolute atomic E-state index is 0.0344. The molecule has 0 amide bonds. The molecule has 5 rings (SSSR count). The van der Waals surface area contributed by atoms with E-state index >= 15 is 0 Å². The van der Waals surface area contributed by atoms with Crippen molar-refractivity contribution >= 4 is 17.7 Å². The topological polar surface area (TPSA) is 85.2 Å². The number of benzene rings is 1. The van der Waals surface area contributed by atoms with Crippen LogP contribution in [0.15, 0.2) is 35.5 Å². The molecule has 1 aromatic carbocycles. The lowest BCUT2D eigenvalue weighted by atomic mass is 9.54. The van der Waals surface area contributed by atoms with Gasteiger partial charge in [0.1, 0.15) is 12.2 Å². The van der Waals surface area contributed by atoms with E-state index in [0.717, 1.165) is 50.7 Å². The van der Waals surface area contributed by atoms with Crippen molar-refractivity contribution in [2.75, 3.05) is 0 Å². The van der Waals surface area contributed by atoms with Gasteiger partial charge in [0, 0.05) is 24.7 Å². The number of rotatable bonds is 4. The number of hydrogen-bond acceptors (Lipinski definition) is 6. The molecular formula is C29H39NO5. The van der Waals surface area contributed by atoms with Crippen LogP contribution in [-0.2, 0) is 14.3 Å². The first-order valence-electron chi connectivity index (χ1n) is 13.3. The van der Waals surface area contributed by atoms with Crippen molar-refractivity contribution in [1.82, 2.24) is 0 Å². The predicted octanol–water partition coefficient (Wildman–Crippen LogP) is 5.87. The molecule has 0 bridgehead atoms. The number of hydrogen-bond donors (Lipinski definition) is 1. The van der Waals surface area contributed by atoms with Crippen molar-refractivity contribution in [3.05, 3.63) is 35.9 Å². The molecule has 6 heteroatoms. The highest BCUT2D eigenvalue weighted by atomic mass is 16.5. The van der Waals surface area contributed by atoms with Gasteiger partial charge < -0.3 is 14.7 Å². The van der Waals surface area contributed by atoms with Gasteiger partial charge in [-0.1, -0.05) is 37.2 Å². The van der Waals surface area contributed by atoms with Gasteiger partial charge in [0.2, 0.25) is 0 Å². The Hall–Kier alpha value is -2.37. The highest BCUT2D eigenvalue weighted by Gasteiger charge is 2.66. The fourth-order valence-corrected chi connectivity index (χ4v) is 8.91. The zero-order valence-corrected chi connectivity index (χ0v) is 21.4. The van der Waals surface area contributed by atoms with Crippen LogP contribution in [0.1, 0.15) is 83.0 Å². The second-order valence-corrected chi connectivity index (χ2v) is 12.0. The Kier molecular flexibility index (Phi) is 6.21. The van der Waals surface area contributed by atoms with Crippen LogP contribution >= 0.6 is 0 Å². The van der Waals surface area contributed by atoms with Crippen molar-refractivity contribution < 1.29 is 24.3 Å². The molecule has 0 spiro atoms. The van der Waals surface area contributed by atoms with Crippen LogP contribution < -0.4 is 0 Å². The number of esters is 2. The van der Waals surface area contributed by atoms with Crippen LogP contribution in [0.25, 0.3) is 0 Å². The molecule has 0 aromatic heterocycles. The van der Waals surface area contributed by atoms with Crippen LogP contribution in [0.2, 0.25) is 0 Å². The van der Waals surface area contributed by atoms with Crippen molar-refractivity contribution in [2.45, 2.75) is 84.8 Å². The summed E-state index contributed by atoms with van der Waals surface area (Å²) in [5, 5.41) is 14.2. The van der Waals surface area contributed by atoms with E-state index in [1.165, 1.54) is 6.92 Å². The third-order valence-corrected chi connectivity index (χ3v) is 10.5. The first kappa shape index (κ1) is 24.3. The van der Waals surface area contributed by atoms with Gasteiger partial charge in [0.25, 0.3) is 0 Å². The summed E-state index contributed by atoms with van der Waals surface area (Å²) in [4.78, 5) is 24.4. The van der Waals surface area contributed by atoms with E-state index in [-0.39, 0.29) is 52.7 Å². The van der Waals surface area contributed by atoms with Gasteiger partial charge in [0.15, 0.2) is 0 Å². The molecule has 35 heavy (non-hydrogen) atoms. The molecular weight excluding hydrogens is 442 g/mol. The lowest BCUT2D eigenvalue weighted by molar-refractivity contribution is -0.150. The van der Waals surface area contributed by atoms with Crippen LogP contribution in [0.3, 0.4) is 0 Å². The van der Waals surface area contributed by atoms with Crippen LogP contribution in [0.4, 0.5) is 0 Å². The summed E-state index contributed by atoms with van der Waals surface area (Å²) in [6.45, 7) is 8.26. The Morgan fingerprint density at radius 2 is 1.71 bits per heavy atom. The molecule has 4 saturated carbocycles. The van der Waals surface area contributed by atoms with Gasteiger partial charge in [-0.15, -0.1) is 0 Å². The molecule has 4 aliphatic rings. The van der Waals surface area contributed by atoms with Gasteiger partial charge in [0.05, 0.1) is 11.3 Å². The molecule has 190 valence electrons. The van der Waals surface area contributed by atoms with E-state index < -0.39 is 0 Å². The van der Waals surface area contributed by atoms with Gasteiger partial charge in [-0.3, -0.25) is 4.79 Å². The van der Waals surface area contributed by atoms with Crippen molar-refractivity contribution in [1.29, 1.82) is 0 Å². The molecule has 0 heterocycles. The number of oxime groups is 1. The molecule has 0 aliphatic heterocycles. The SMILES string of the molecule is CC(=O)O[C@H]1CC[C@@]2(C)C(C1)/C(=N\O)[C@H]1[C@@H]3CC[C@H]([C@@H](C)OC(=O)c4ccccc4)[C@@]3(C)CC[C@@H]12. The summed E-state index contributed by atoms with van der Waals surface area (Å²) in [7, 11) is 0. The van der Waals surface area contributed by atoms with E-state index in [1.807, 2.05) is 25.1 Å². The van der Waals surface area contributed by atoms with E-state index in [2.05, 4.69) is 19.0 Å². The summed E-state index contributed by atoms with van der Waals surface area (Å²) in [6.07, 6.45) is 6.64. The van der Waals surface area contributed by atoms with Gasteiger partial charge in [-0.2, -0.15) is 0 Å². The molecule has 9 atom stereocenters. The average molecular weight is 482 g/mol. The Labute approximate surface area is 208 Å². The number of ether oxygens (including phenoxy) is 2.